The average molecular weight is 234 g/mol. The molecule has 0 heterocycles. The SMILES string of the molecule is CCC[Si](Cl)(Cl)CCCCCl. The minimum Gasteiger partial charge on any atom is -0.146 e. The van der Waals surface area contributed by atoms with Crippen LogP contribution in [0.1, 0.15) is 26.2 Å². The standard InChI is InChI=1S/C7H15Cl3Si/c1-2-6-11(9,10)7-4-3-5-8/h2-7H2,1H3. The fraction of sp³-hybridized carbons (Fsp3) is 1.00. The van der Waals surface area contributed by atoms with Crippen LogP contribution in [0.2, 0.25) is 12.1 Å². The monoisotopic (exact) mass is 232 g/mol. The van der Waals surface area contributed by atoms with Crippen LogP contribution in [0, 0.1) is 0 Å². The second kappa shape index (κ2) is 6.59. The Balaban J connectivity index is 3.38. The van der Waals surface area contributed by atoms with Crippen molar-refractivity contribution in [1.82, 2.24) is 0 Å². The molecule has 0 rings (SSSR count). The molecule has 0 spiro atoms. The number of hydrogen-bond donors (Lipinski definition) is 0. The van der Waals surface area contributed by atoms with E-state index in [-0.39, 0.29) is 0 Å². The van der Waals surface area contributed by atoms with Crippen LogP contribution in [0.5, 0.6) is 0 Å². The van der Waals surface area contributed by atoms with Gasteiger partial charge in [0, 0.05) is 5.88 Å². The van der Waals surface area contributed by atoms with E-state index in [2.05, 4.69) is 6.92 Å². The van der Waals surface area contributed by atoms with E-state index < -0.39 is 6.69 Å². The van der Waals surface area contributed by atoms with Gasteiger partial charge in [0.05, 0.1) is 0 Å². The molecule has 0 aromatic rings. The first-order valence-electron chi connectivity index (χ1n) is 4.06. The lowest BCUT2D eigenvalue weighted by atomic mass is 10.4. The summed E-state index contributed by atoms with van der Waals surface area (Å²) in [7, 11) is 0. The summed E-state index contributed by atoms with van der Waals surface area (Å²) in [5.74, 6) is 0.727. The molecule has 0 aromatic carbocycles. The Morgan fingerprint density at radius 1 is 1.09 bits per heavy atom. The lowest BCUT2D eigenvalue weighted by molar-refractivity contribution is 0.875. The third kappa shape index (κ3) is 7.45. The Morgan fingerprint density at radius 3 is 2.18 bits per heavy atom. The minimum absolute atomic E-state index is 0.727. The number of alkyl halides is 1. The lowest BCUT2D eigenvalue weighted by Crippen LogP contribution is -2.17. The highest BCUT2D eigenvalue weighted by Crippen LogP contribution is 2.28. The first-order valence-corrected chi connectivity index (χ1v) is 9.03. The molecular formula is C7H15Cl3Si. The number of unbranched alkanes of at least 4 members (excludes halogenated alkanes) is 1. The van der Waals surface area contributed by atoms with Crippen LogP contribution >= 0.6 is 33.8 Å². The summed E-state index contributed by atoms with van der Waals surface area (Å²) in [6.45, 7) is 0.264. The van der Waals surface area contributed by atoms with Gasteiger partial charge in [0.1, 0.15) is 0 Å². The molecule has 0 unspecified atom stereocenters. The summed E-state index contributed by atoms with van der Waals surface area (Å²) in [5.41, 5.74) is 0. The second-order valence-electron chi connectivity index (χ2n) is 2.75. The Labute approximate surface area is 84.6 Å². The van der Waals surface area contributed by atoms with E-state index in [0.717, 1.165) is 37.2 Å². The molecule has 0 bridgehead atoms. The fourth-order valence-corrected chi connectivity index (χ4v) is 4.84. The molecule has 11 heavy (non-hydrogen) atoms. The van der Waals surface area contributed by atoms with Crippen molar-refractivity contribution in [1.29, 1.82) is 0 Å². The normalized spacial score (nSPS) is 12.0. The van der Waals surface area contributed by atoms with Crippen molar-refractivity contribution in [2.45, 2.75) is 38.3 Å². The van der Waals surface area contributed by atoms with Gasteiger partial charge in [0.25, 0.3) is 6.69 Å². The zero-order chi connectivity index (χ0) is 8.74. The summed E-state index contributed by atoms with van der Waals surface area (Å²) < 4.78 is 0. The lowest BCUT2D eigenvalue weighted by Gasteiger charge is -2.14. The fourth-order valence-electron chi connectivity index (χ4n) is 0.969. The summed E-state index contributed by atoms with van der Waals surface area (Å²) in [6, 6.07) is 2.01. The molecule has 0 aliphatic rings. The van der Waals surface area contributed by atoms with Gasteiger partial charge in [-0.2, -0.15) is 0 Å². The summed E-state index contributed by atoms with van der Waals surface area (Å²) in [6.07, 6.45) is 3.22. The Bertz CT molecular complexity index is 95.7. The van der Waals surface area contributed by atoms with Crippen LogP contribution in [-0.2, 0) is 0 Å². The van der Waals surface area contributed by atoms with Crippen LogP contribution in [0.4, 0.5) is 0 Å². The van der Waals surface area contributed by atoms with Crippen molar-refractivity contribution in [3.8, 4) is 0 Å². The van der Waals surface area contributed by atoms with Crippen LogP contribution < -0.4 is 0 Å². The minimum atomic E-state index is -1.85. The van der Waals surface area contributed by atoms with E-state index in [4.69, 9.17) is 33.8 Å². The van der Waals surface area contributed by atoms with Crippen molar-refractivity contribution < 1.29 is 0 Å². The largest absolute Gasteiger partial charge is 0.251 e. The molecule has 0 atom stereocenters. The molecule has 4 heteroatoms. The van der Waals surface area contributed by atoms with Gasteiger partial charge in [-0.05, 0) is 18.5 Å². The topological polar surface area (TPSA) is 0 Å². The van der Waals surface area contributed by atoms with E-state index in [1.165, 1.54) is 0 Å². The van der Waals surface area contributed by atoms with E-state index in [1.807, 2.05) is 0 Å². The Hall–Kier alpha value is 1.09. The van der Waals surface area contributed by atoms with Gasteiger partial charge in [0.2, 0.25) is 0 Å². The van der Waals surface area contributed by atoms with E-state index in [9.17, 15) is 0 Å². The molecule has 0 aromatic heterocycles. The maximum absolute atomic E-state index is 6.13. The molecule has 0 aliphatic carbocycles. The van der Waals surface area contributed by atoms with E-state index >= 15 is 0 Å². The van der Waals surface area contributed by atoms with E-state index in [0.29, 0.717) is 0 Å². The second-order valence-corrected chi connectivity index (χ2v) is 10.8. The zero-order valence-corrected chi connectivity index (χ0v) is 10.1. The third-order valence-electron chi connectivity index (χ3n) is 1.54. The highest BCUT2D eigenvalue weighted by molar-refractivity contribution is 7.45. The summed E-state index contributed by atoms with van der Waals surface area (Å²) in [4.78, 5) is 0. The Morgan fingerprint density at radius 2 is 1.73 bits per heavy atom. The number of halogens is 3. The van der Waals surface area contributed by atoms with Gasteiger partial charge in [-0.25, -0.2) is 0 Å². The zero-order valence-electron chi connectivity index (χ0n) is 6.88. The van der Waals surface area contributed by atoms with Crippen LogP contribution in [0.25, 0.3) is 0 Å². The third-order valence-corrected chi connectivity index (χ3v) is 6.39. The average Bonchev–Trinajstić information content (AvgIpc) is 1.87. The van der Waals surface area contributed by atoms with Crippen LogP contribution in [0.15, 0.2) is 0 Å². The van der Waals surface area contributed by atoms with E-state index in [1.54, 1.807) is 0 Å². The maximum Gasteiger partial charge on any atom is 0.251 e. The molecule has 0 saturated heterocycles. The van der Waals surface area contributed by atoms with Crippen molar-refractivity contribution in [3.63, 3.8) is 0 Å². The summed E-state index contributed by atoms with van der Waals surface area (Å²) in [5, 5.41) is 0. The molecular weight excluding hydrogens is 219 g/mol. The van der Waals surface area contributed by atoms with Gasteiger partial charge in [-0.1, -0.05) is 19.8 Å². The highest BCUT2D eigenvalue weighted by Gasteiger charge is 2.25. The smallest absolute Gasteiger partial charge is 0.146 e. The molecule has 68 valence electrons. The molecule has 0 N–H and O–H groups in total. The van der Waals surface area contributed by atoms with Crippen LogP contribution in [-0.4, -0.2) is 12.6 Å². The predicted molar refractivity (Wildman–Crippen MR) is 57.3 cm³/mol. The van der Waals surface area contributed by atoms with Gasteiger partial charge < -0.3 is 0 Å². The van der Waals surface area contributed by atoms with Gasteiger partial charge in [-0.3, -0.25) is 0 Å². The van der Waals surface area contributed by atoms with Crippen molar-refractivity contribution in [3.05, 3.63) is 0 Å². The molecule has 0 radical (unpaired) electrons. The van der Waals surface area contributed by atoms with Gasteiger partial charge in [0.15, 0.2) is 0 Å². The van der Waals surface area contributed by atoms with Gasteiger partial charge in [-0.15, -0.1) is 33.8 Å². The first kappa shape index (κ1) is 12.1. The molecule has 0 nitrogen and oxygen atoms in total. The quantitative estimate of drug-likeness (QED) is 0.277. The highest BCUT2D eigenvalue weighted by atomic mass is 35.7. The van der Waals surface area contributed by atoms with Crippen molar-refractivity contribution >= 4 is 40.5 Å². The van der Waals surface area contributed by atoms with Crippen LogP contribution in [0.3, 0.4) is 0 Å². The molecule has 0 aliphatic heterocycles. The number of rotatable bonds is 6. The van der Waals surface area contributed by atoms with Crippen molar-refractivity contribution in [2.24, 2.45) is 0 Å². The number of hydrogen-bond acceptors (Lipinski definition) is 0. The molecule has 0 fully saturated rings. The predicted octanol–water partition coefficient (Wildman–Crippen LogP) is 4.34. The van der Waals surface area contributed by atoms with Gasteiger partial charge >= 0.3 is 0 Å². The summed E-state index contributed by atoms with van der Waals surface area (Å²) >= 11 is 17.8. The van der Waals surface area contributed by atoms with Crippen molar-refractivity contribution in [2.75, 3.05) is 5.88 Å². The molecule has 0 saturated carbocycles. The maximum atomic E-state index is 6.13. The Kier molecular flexibility index (Phi) is 7.24. The first-order chi connectivity index (χ1) is 5.12. The molecule has 0 amide bonds.